The number of carbonyl (C=O) groups excluding carboxylic acids is 1. The molecule has 2 aliphatic rings. The average molecular weight is 415 g/mol. The quantitative estimate of drug-likeness (QED) is 0.737. The Labute approximate surface area is 174 Å². The van der Waals surface area contributed by atoms with Gasteiger partial charge in [-0.15, -0.1) is 0 Å². The van der Waals surface area contributed by atoms with Crippen LogP contribution >= 0.6 is 23.4 Å². The molecule has 0 radical (unpaired) electrons. The van der Waals surface area contributed by atoms with Crippen LogP contribution in [-0.4, -0.2) is 26.9 Å². The third-order valence-electron chi connectivity index (χ3n) is 5.27. The monoisotopic (exact) mass is 414 g/mol. The van der Waals surface area contributed by atoms with Gasteiger partial charge in [-0.3, -0.25) is 14.5 Å². The first kappa shape index (κ1) is 19.3. The first-order chi connectivity index (χ1) is 13.5. The van der Waals surface area contributed by atoms with Gasteiger partial charge in [-0.2, -0.15) is 5.10 Å². The summed E-state index contributed by atoms with van der Waals surface area (Å²) >= 11 is 7.72. The van der Waals surface area contributed by atoms with Crippen LogP contribution in [0.2, 0.25) is 5.02 Å². The van der Waals surface area contributed by atoms with Crippen molar-refractivity contribution in [3.05, 3.63) is 56.7 Å². The van der Waals surface area contributed by atoms with Gasteiger partial charge >= 0.3 is 0 Å². The lowest BCUT2D eigenvalue weighted by atomic mass is 10.1. The van der Waals surface area contributed by atoms with E-state index >= 15 is 0 Å². The van der Waals surface area contributed by atoms with Crippen molar-refractivity contribution in [2.75, 3.05) is 0 Å². The molecule has 0 atom stereocenters. The minimum atomic E-state index is -0.0839. The van der Waals surface area contributed by atoms with E-state index in [9.17, 15) is 4.79 Å². The number of aryl methyl sites for hydroxylation is 1. The highest BCUT2D eigenvalue weighted by Gasteiger charge is 2.26. The molecule has 1 saturated carbocycles. The van der Waals surface area contributed by atoms with Gasteiger partial charge in [0.05, 0.1) is 23.2 Å². The molecule has 2 fully saturated rings. The second-order valence-corrected chi connectivity index (χ2v) is 8.71. The number of halogens is 1. The lowest BCUT2D eigenvalue weighted by molar-refractivity contribution is -0.115. The molecular weight excluding hydrogens is 392 g/mol. The normalized spacial score (nSPS) is 20.5. The topological polar surface area (TPSA) is 59.3 Å². The lowest BCUT2D eigenvalue weighted by Gasteiger charge is -2.06. The number of nitrogens with zero attached hydrogens (tertiary/aromatic N) is 3. The second kappa shape index (κ2) is 8.13. The Morgan fingerprint density at radius 1 is 1.32 bits per heavy atom. The number of amidine groups is 1. The van der Waals surface area contributed by atoms with Crippen LogP contribution in [-0.2, 0) is 11.3 Å². The van der Waals surface area contributed by atoms with Gasteiger partial charge in [-0.1, -0.05) is 42.6 Å². The largest absolute Gasteiger partial charge is 0.301 e. The number of aliphatic imine (C=N–C) groups is 1. The summed E-state index contributed by atoms with van der Waals surface area (Å²) < 4.78 is 1.94. The van der Waals surface area contributed by atoms with Crippen LogP contribution in [0.1, 0.15) is 48.2 Å². The van der Waals surface area contributed by atoms with E-state index in [1.807, 2.05) is 48.9 Å². The molecule has 1 aliphatic carbocycles. The van der Waals surface area contributed by atoms with Gasteiger partial charge in [0.25, 0.3) is 5.91 Å². The minimum Gasteiger partial charge on any atom is -0.301 e. The van der Waals surface area contributed by atoms with Crippen LogP contribution in [0.4, 0.5) is 0 Å². The van der Waals surface area contributed by atoms with Crippen LogP contribution < -0.4 is 5.32 Å². The van der Waals surface area contributed by atoms with Crippen molar-refractivity contribution in [1.82, 2.24) is 15.1 Å². The van der Waals surface area contributed by atoms with Crippen molar-refractivity contribution < 1.29 is 4.79 Å². The predicted molar refractivity (Wildman–Crippen MR) is 116 cm³/mol. The fourth-order valence-electron chi connectivity index (χ4n) is 3.68. The summed E-state index contributed by atoms with van der Waals surface area (Å²) in [5, 5.41) is 9.02. The highest BCUT2D eigenvalue weighted by atomic mass is 35.5. The number of nitrogens with one attached hydrogen (secondary N) is 1. The Kier molecular flexibility index (Phi) is 5.60. The molecule has 0 spiro atoms. The van der Waals surface area contributed by atoms with Crippen LogP contribution in [0.3, 0.4) is 0 Å². The fraction of sp³-hybridized carbons (Fsp3) is 0.381. The van der Waals surface area contributed by atoms with E-state index in [0.717, 1.165) is 45.5 Å². The summed E-state index contributed by atoms with van der Waals surface area (Å²) in [4.78, 5) is 17.8. The maximum Gasteiger partial charge on any atom is 0.264 e. The fourth-order valence-corrected chi connectivity index (χ4v) is 4.75. The highest BCUT2D eigenvalue weighted by Crippen LogP contribution is 2.30. The molecule has 1 aliphatic heterocycles. The van der Waals surface area contributed by atoms with Crippen LogP contribution in [0, 0.1) is 13.8 Å². The molecular formula is C21H23ClN4OS. The van der Waals surface area contributed by atoms with Crippen molar-refractivity contribution >= 4 is 40.5 Å². The summed E-state index contributed by atoms with van der Waals surface area (Å²) in [7, 11) is 0. The smallest absolute Gasteiger partial charge is 0.264 e. The zero-order valence-corrected chi connectivity index (χ0v) is 17.6. The molecule has 2 heterocycles. The molecule has 0 unspecified atom stereocenters. The highest BCUT2D eigenvalue weighted by molar-refractivity contribution is 8.18. The number of hydrogen-bond acceptors (Lipinski definition) is 4. The maximum atomic E-state index is 12.4. The van der Waals surface area contributed by atoms with E-state index in [2.05, 4.69) is 10.4 Å². The van der Waals surface area contributed by atoms with Gasteiger partial charge in [0.1, 0.15) is 0 Å². The molecule has 1 aromatic heterocycles. The van der Waals surface area contributed by atoms with Gasteiger partial charge in [-0.25, -0.2) is 0 Å². The molecule has 0 bridgehead atoms. The van der Waals surface area contributed by atoms with E-state index in [4.69, 9.17) is 16.6 Å². The minimum absolute atomic E-state index is 0.0839. The Bertz CT molecular complexity index is 973. The summed E-state index contributed by atoms with van der Waals surface area (Å²) in [6.07, 6.45) is 6.62. The molecule has 2 aromatic rings. The van der Waals surface area contributed by atoms with Crippen LogP contribution in [0.15, 0.2) is 34.2 Å². The number of carbonyl (C=O) groups is 1. The van der Waals surface area contributed by atoms with Crippen LogP contribution in [0.5, 0.6) is 0 Å². The first-order valence-electron chi connectivity index (χ1n) is 9.57. The number of benzene rings is 1. The number of aromatic nitrogens is 2. The lowest BCUT2D eigenvalue weighted by Crippen LogP contribution is -2.21. The number of thioether (sulfide) groups is 1. The Balaban J connectivity index is 1.57. The second-order valence-electron chi connectivity index (χ2n) is 7.27. The van der Waals surface area contributed by atoms with Crippen molar-refractivity contribution in [2.45, 2.75) is 52.1 Å². The molecule has 146 valence electrons. The molecule has 28 heavy (non-hydrogen) atoms. The molecule has 7 heteroatoms. The van der Waals surface area contributed by atoms with Gasteiger partial charge < -0.3 is 5.32 Å². The Hall–Kier alpha value is -2.05. The van der Waals surface area contributed by atoms with Crippen molar-refractivity contribution in [3.8, 4) is 0 Å². The van der Waals surface area contributed by atoms with E-state index < -0.39 is 0 Å². The van der Waals surface area contributed by atoms with Crippen molar-refractivity contribution in [3.63, 3.8) is 0 Å². The zero-order chi connectivity index (χ0) is 19.7. The van der Waals surface area contributed by atoms with Gasteiger partial charge in [0.15, 0.2) is 5.17 Å². The summed E-state index contributed by atoms with van der Waals surface area (Å²) in [5.41, 5.74) is 3.91. The summed E-state index contributed by atoms with van der Waals surface area (Å²) in [6, 6.07) is 8.13. The van der Waals surface area contributed by atoms with Crippen molar-refractivity contribution in [2.24, 2.45) is 4.99 Å². The van der Waals surface area contributed by atoms with E-state index in [1.165, 1.54) is 24.6 Å². The van der Waals surface area contributed by atoms with Gasteiger partial charge in [0.2, 0.25) is 0 Å². The molecule has 5 nitrogen and oxygen atoms in total. The Morgan fingerprint density at radius 3 is 2.82 bits per heavy atom. The predicted octanol–water partition coefficient (Wildman–Crippen LogP) is 4.70. The third kappa shape index (κ3) is 4.03. The summed E-state index contributed by atoms with van der Waals surface area (Å²) in [5.74, 6) is -0.0839. The third-order valence-corrected chi connectivity index (χ3v) is 6.56. The molecule has 1 amide bonds. The van der Waals surface area contributed by atoms with Crippen molar-refractivity contribution in [1.29, 1.82) is 0 Å². The SMILES string of the molecule is Cc1nn(Cc2ccccc2Cl)c(C)c1C=C1SC(=NC2CCCC2)NC1=O. The van der Waals surface area contributed by atoms with E-state index in [1.54, 1.807) is 0 Å². The number of hydrogen-bond donors (Lipinski definition) is 1. The molecule has 1 N–H and O–H groups in total. The standard InChI is InChI=1S/C21H23ClN4OS/c1-13-17(14(2)26(25-13)12-15-7-3-6-10-18(15)22)11-19-20(27)24-21(28-19)23-16-8-4-5-9-16/h3,6-7,10-11,16H,4-5,8-9,12H2,1-2H3,(H,23,24,27). The zero-order valence-electron chi connectivity index (χ0n) is 16.0. The first-order valence-corrected chi connectivity index (χ1v) is 10.8. The van der Waals surface area contributed by atoms with Crippen LogP contribution in [0.25, 0.3) is 6.08 Å². The average Bonchev–Trinajstić information content (AvgIpc) is 3.35. The Morgan fingerprint density at radius 2 is 2.07 bits per heavy atom. The maximum absolute atomic E-state index is 12.4. The molecule has 4 rings (SSSR count). The molecule has 1 aromatic carbocycles. The number of amides is 1. The van der Waals surface area contributed by atoms with Gasteiger partial charge in [0, 0.05) is 16.3 Å². The molecule has 1 saturated heterocycles. The van der Waals surface area contributed by atoms with E-state index in [-0.39, 0.29) is 5.91 Å². The number of rotatable bonds is 4. The van der Waals surface area contributed by atoms with Gasteiger partial charge in [-0.05, 0) is 56.2 Å². The van der Waals surface area contributed by atoms with E-state index in [0.29, 0.717) is 17.5 Å². The summed E-state index contributed by atoms with van der Waals surface area (Å²) in [6.45, 7) is 4.59.